The average Bonchev–Trinajstić information content (AvgIpc) is 3.32. The van der Waals surface area contributed by atoms with Gasteiger partial charge < -0.3 is 11.1 Å². The summed E-state index contributed by atoms with van der Waals surface area (Å²) in [4.78, 5) is 40.0. The predicted molar refractivity (Wildman–Crippen MR) is 101 cm³/mol. The molecule has 4 N–H and O–H groups in total. The van der Waals surface area contributed by atoms with Crippen LogP contribution in [0.1, 0.15) is 35.3 Å². The smallest absolute Gasteiger partial charge is 0.261 e. The Morgan fingerprint density at radius 1 is 1.04 bits per heavy atom. The van der Waals surface area contributed by atoms with Crippen LogP contribution in [0.15, 0.2) is 48.0 Å². The molecule has 3 aromatic rings. The first-order valence-electron chi connectivity index (χ1n) is 7.50. The number of thiazole rings is 1. The van der Waals surface area contributed by atoms with Crippen molar-refractivity contribution in [3.8, 4) is 0 Å². The maximum atomic E-state index is 12.2. The molecule has 0 spiro atoms. The number of hydrogen-bond donors (Lipinski definition) is 3. The third kappa shape index (κ3) is 4.32. The molecule has 1 aromatic carbocycles. The molecule has 9 heteroatoms. The Hall–Kier alpha value is -3.04. The monoisotopic (exact) mass is 386 g/mol. The van der Waals surface area contributed by atoms with E-state index in [9.17, 15) is 14.4 Å². The van der Waals surface area contributed by atoms with Crippen molar-refractivity contribution in [2.24, 2.45) is 5.73 Å². The molecule has 0 bridgehead atoms. The zero-order valence-corrected chi connectivity index (χ0v) is 15.0. The minimum Gasteiger partial charge on any atom is -0.365 e. The summed E-state index contributed by atoms with van der Waals surface area (Å²) in [5.41, 5.74) is 6.47. The van der Waals surface area contributed by atoms with Crippen LogP contribution >= 0.6 is 22.7 Å². The number of benzene rings is 1. The van der Waals surface area contributed by atoms with Crippen molar-refractivity contribution in [1.82, 2.24) is 10.3 Å². The van der Waals surface area contributed by atoms with Crippen LogP contribution in [0, 0.1) is 0 Å². The van der Waals surface area contributed by atoms with E-state index >= 15 is 0 Å². The Morgan fingerprint density at radius 2 is 1.81 bits per heavy atom. The summed E-state index contributed by atoms with van der Waals surface area (Å²) in [6, 6.07) is 10.4. The number of hydrogen-bond acceptors (Lipinski definition) is 6. The van der Waals surface area contributed by atoms with Gasteiger partial charge in [-0.3, -0.25) is 19.7 Å². The predicted octanol–water partition coefficient (Wildman–Crippen LogP) is 2.49. The molecule has 0 saturated heterocycles. The Morgan fingerprint density at radius 3 is 2.42 bits per heavy atom. The summed E-state index contributed by atoms with van der Waals surface area (Å²) in [5, 5.41) is 7.58. The Bertz CT molecular complexity index is 933. The second-order valence-corrected chi connectivity index (χ2v) is 7.18. The molecule has 26 heavy (non-hydrogen) atoms. The van der Waals surface area contributed by atoms with Gasteiger partial charge in [0.05, 0.1) is 11.1 Å². The lowest BCUT2D eigenvalue weighted by molar-refractivity contribution is 0.0952. The molecule has 0 aliphatic heterocycles. The molecule has 0 saturated carbocycles. The number of primary amides is 1. The molecule has 0 fully saturated rings. The number of nitrogens with zero attached hydrogens (tertiary/aromatic N) is 1. The number of amides is 3. The Labute approximate surface area is 156 Å². The molecule has 0 atom stereocenters. The lowest BCUT2D eigenvalue weighted by atomic mass is 10.1. The van der Waals surface area contributed by atoms with Gasteiger partial charge in [-0.2, -0.15) is 0 Å². The fourth-order valence-electron chi connectivity index (χ4n) is 2.07. The zero-order chi connectivity index (χ0) is 18.5. The van der Waals surface area contributed by atoms with Crippen LogP contribution in [0.2, 0.25) is 0 Å². The summed E-state index contributed by atoms with van der Waals surface area (Å²) in [5.74, 6) is -1.06. The van der Waals surface area contributed by atoms with E-state index < -0.39 is 5.91 Å². The Balaban J connectivity index is 1.57. The van der Waals surface area contributed by atoms with Gasteiger partial charge in [-0.05, 0) is 29.1 Å². The Kier molecular flexibility index (Phi) is 5.40. The van der Waals surface area contributed by atoms with E-state index in [1.165, 1.54) is 17.5 Å². The number of nitrogens with two attached hydrogens (primary N) is 1. The third-order valence-electron chi connectivity index (χ3n) is 3.38. The van der Waals surface area contributed by atoms with E-state index in [0.29, 0.717) is 22.1 Å². The second-order valence-electron chi connectivity index (χ2n) is 5.20. The number of anilines is 1. The standard InChI is InChI=1S/C17H14N4O3S2/c18-14(22)13-9-20-17(26-13)21-15(23)11-5-3-10(4-6-11)8-19-16(24)12-2-1-7-25-12/h1-7,9H,8H2,(H2,18,22)(H,19,24)(H,20,21,23). The molecule has 0 aliphatic rings. The topological polar surface area (TPSA) is 114 Å². The van der Waals surface area contributed by atoms with Gasteiger partial charge >= 0.3 is 0 Å². The minimum atomic E-state index is -0.586. The second kappa shape index (κ2) is 7.89. The molecule has 3 amide bonds. The maximum Gasteiger partial charge on any atom is 0.261 e. The van der Waals surface area contributed by atoms with Crippen LogP contribution < -0.4 is 16.4 Å². The lowest BCUT2D eigenvalue weighted by Crippen LogP contribution is -2.21. The summed E-state index contributed by atoms with van der Waals surface area (Å²) in [6.45, 7) is 0.368. The zero-order valence-electron chi connectivity index (χ0n) is 13.4. The quantitative estimate of drug-likeness (QED) is 0.604. The van der Waals surface area contributed by atoms with Crippen molar-refractivity contribution in [1.29, 1.82) is 0 Å². The molecular formula is C17H14N4O3S2. The highest BCUT2D eigenvalue weighted by atomic mass is 32.1. The van der Waals surface area contributed by atoms with E-state index in [-0.39, 0.29) is 16.7 Å². The van der Waals surface area contributed by atoms with Crippen LogP contribution in [-0.2, 0) is 6.54 Å². The number of carbonyl (C=O) groups is 3. The summed E-state index contributed by atoms with van der Waals surface area (Å²) in [6.07, 6.45) is 1.32. The highest BCUT2D eigenvalue weighted by molar-refractivity contribution is 7.17. The molecule has 2 heterocycles. The third-order valence-corrected chi connectivity index (χ3v) is 5.18. The summed E-state index contributed by atoms with van der Waals surface area (Å²) in [7, 11) is 0. The number of carbonyl (C=O) groups excluding carboxylic acids is 3. The van der Waals surface area contributed by atoms with Crippen molar-refractivity contribution in [2.45, 2.75) is 6.54 Å². The van der Waals surface area contributed by atoms with Gasteiger partial charge in [0.25, 0.3) is 17.7 Å². The van der Waals surface area contributed by atoms with Crippen molar-refractivity contribution >= 4 is 45.5 Å². The molecule has 132 valence electrons. The van der Waals surface area contributed by atoms with Gasteiger partial charge in [0.15, 0.2) is 5.13 Å². The van der Waals surface area contributed by atoms with Crippen LogP contribution in [0.5, 0.6) is 0 Å². The van der Waals surface area contributed by atoms with Gasteiger partial charge in [0, 0.05) is 12.1 Å². The van der Waals surface area contributed by atoms with Crippen molar-refractivity contribution in [2.75, 3.05) is 5.32 Å². The fraction of sp³-hybridized carbons (Fsp3) is 0.0588. The van der Waals surface area contributed by atoms with Crippen molar-refractivity contribution < 1.29 is 14.4 Å². The fourth-order valence-corrected chi connectivity index (χ4v) is 3.37. The highest BCUT2D eigenvalue weighted by Crippen LogP contribution is 2.18. The van der Waals surface area contributed by atoms with Crippen LogP contribution in [-0.4, -0.2) is 22.7 Å². The minimum absolute atomic E-state index is 0.129. The molecule has 7 nitrogen and oxygen atoms in total. The van der Waals surface area contributed by atoms with E-state index in [1.807, 2.05) is 11.4 Å². The van der Waals surface area contributed by atoms with E-state index in [0.717, 1.165) is 16.9 Å². The molecule has 0 radical (unpaired) electrons. The first-order chi connectivity index (χ1) is 12.5. The van der Waals surface area contributed by atoms with Crippen molar-refractivity contribution in [3.63, 3.8) is 0 Å². The first kappa shape index (κ1) is 17.8. The normalized spacial score (nSPS) is 10.3. The first-order valence-corrected chi connectivity index (χ1v) is 9.20. The molecular weight excluding hydrogens is 372 g/mol. The summed E-state index contributed by atoms with van der Waals surface area (Å²) >= 11 is 2.39. The van der Waals surface area contributed by atoms with Crippen LogP contribution in [0.4, 0.5) is 5.13 Å². The maximum absolute atomic E-state index is 12.2. The molecule has 0 aliphatic carbocycles. The lowest BCUT2D eigenvalue weighted by Gasteiger charge is -2.06. The van der Waals surface area contributed by atoms with Crippen LogP contribution in [0.25, 0.3) is 0 Å². The van der Waals surface area contributed by atoms with Gasteiger partial charge in [-0.1, -0.05) is 29.5 Å². The molecule has 2 aromatic heterocycles. The van der Waals surface area contributed by atoms with Gasteiger partial charge in [-0.15, -0.1) is 11.3 Å². The number of rotatable bonds is 6. The van der Waals surface area contributed by atoms with Gasteiger partial charge in [-0.25, -0.2) is 4.98 Å². The number of thiophene rings is 1. The molecule has 0 unspecified atom stereocenters. The number of nitrogens with one attached hydrogen (secondary N) is 2. The van der Waals surface area contributed by atoms with E-state index in [2.05, 4.69) is 15.6 Å². The summed E-state index contributed by atoms with van der Waals surface area (Å²) < 4.78 is 0. The van der Waals surface area contributed by atoms with Crippen molar-refractivity contribution in [3.05, 3.63) is 68.9 Å². The average molecular weight is 386 g/mol. The largest absolute Gasteiger partial charge is 0.365 e. The van der Waals surface area contributed by atoms with Gasteiger partial charge in [0.1, 0.15) is 4.88 Å². The van der Waals surface area contributed by atoms with Crippen LogP contribution in [0.3, 0.4) is 0 Å². The molecule has 3 rings (SSSR count). The van der Waals surface area contributed by atoms with E-state index in [1.54, 1.807) is 30.3 Å². The van der Waals surface area contributed by atoms with Gasteiger partial charge in [0.2, 0.25) is 0 Å². The highest BCUT2D eigenvalue weighted by Gasteiger charge is 2.11. The SMILES string of the molecule is NC(=O)c1cnc(NC(=O)c2ccc(CNC(=O)c3cccs3)cc2)s1. The number of aromatic nitrogens is 1. The van der Waals surface area contributed by atoms with E-state index in [4.69, 9.17) is 5.73 Å².